The number of hydrogen-bond acceptors (Lipinski definition) is 4. The number of fused-ring (bicyclic) bond motifs is 1. The van der Waals surface area contributed by atoms with Gasteiger partial charge in [-0.05, 0) is 36.3 Å². The minimum Gasteiger partial charge on any atom is -0.340 e. The molecule has 0 atom stereocenters. The average Bonchev–Trinajstić information content (AvgIpc) is 3.27. The van der Waals surface area contributed by atoms with Crippen molar-refractivity contribution in [1.29, 1.82) is 0 Å². The number of pyridine rings is 1. The molecule has 152 valence electrons. The third-order valence-corrected chi connectivity index (χ3v) is 6.32. The molecule has 1 aliphatic heterocycles. The van der Waals surface area contributed by atoms with Gasteiger partial charge in [0.1, 0.15) is 11.3 Å². The van der Waals surface area contributed by atoms with Crippen molar-refractivity contribution in [2.24, 2.45) is 11.3 Å². The summed E-state index contributed by atoms with van der Waals surface area (Å²) in [5, 5.41) is 3.34. The number of amides is 1. The molecular weight excluding hydrogens is 350 g/mol. The Kier molecular flexibility index (Phi) is 5.67. The van der Waals surface area contributed by atoms with E-state index >= 15 is 0 Å². The zero-order chi connectivity index (χ0) is 19.6. The van der Waals surface area contributed by atoms with E-state index in [2.05, 4.69) is 39.7 Å². The van der Waals surface area contributed by atoms with Crippen LogP contribution in [0.25, 0.3) is 11.2 Å². The van der Waals surface area contributed by atoms with Crippen molar-refractivity contribution in [1.82, 2.24) is 24.8 Å². The summed E-state index contributed by atoms with van der Waals surface area (Å²) in [6.07, 6.45) is 8.09. The maximum Gasteiger partial charge on any atom is 0.223 e. The molecule has 2 aromatic rings. The molecule has 3 heterocycles. The summed E-state index contributed by atoms with van der Waals surface area (Å²) in [6, 6.07) is 4.01. The number of imidazole rings is 1. The first-order valence-corrected chi connectivity index (χ1v) is 10.8. The predicted molar refractivity (Wildman–Crippen MR) is 111 cm³/mol. The molecule has 2 aliphatic rings. The molecule has 6 heteroatoms. The van der Waals surface area contributed by atoms with Crippen molar-refractivity contribution in [3.8, 4) is 0 Å². The standard InChI is InChI=1S/C22H33N5O/c1-17(2)16-27-19(25-18-6-5-9-24-21(18)27)14-22(7-3-4-8-22)15-20(28)26-12-10-23-11-13-26/h5-6,9,17,23H,3-4,7-8,10-16H2,1-2H3. The lowest BCUT2D eigenvalue weighted by atomic mass is 9.78. The Bertz CT molecular complexity index is 815. The number of carbonyl (C=O) groups excluding carboxylic acids is 1. The maximum absolute atomic E-state index is 13.0. The van der Waals surface area contributed by atoms with Gasteiger partial charge in [-0.25, -0.2) is 9.97 Å². The second kappa shape index (κ2) is 8.19. The smallest absolute Gasteiger partial charge is 0.223 e. The van der Waals surface area contributed by atoms with Crippen LogP contribution in [-0.4, -0.2) is 51.5 Å². The number of piperazine rings is 1. The minimum absolute atomic E-state index is 0.0536. The number of hydrogen-bond donors (Lipinski definition) is 1. The molecule has 0 aromatic carbocycles. The van der Waals surface area contributed by atoms with Gasteiger partial charge in [0, 0.05) is 51.8 Å². The number of rotatable bonds is 6. The largest absolute Gasteiger partial charge is 0.340 e. The molecule has 1 saturated heterocycles. The van der Waals surface area contributed by atoms with Gasteiger partial charge in [0.15, 0.2) is 5.65 Å². The molecule has 1 aliphatic carbocycles. The van der Waals surface area contributed by atoms with E-state index in [4.69, 9.17) is 4.98 Å². The van der Waals surface area contributed by atoms with Crippen LogP contribution in [0.4, 0.5) is 0 Å². The van der Waals surface area contributed by atoms with Gasteiger partial charge in [-0.3, -0.25) is 4.79 Å². The number of nitrogens with one attached hydrogen (secondary N) is 1. The van der Waals surface area contributed by atoms with Crippen LogP contribution in [0.3, 0.4) is 0 Å². The van der Waals surface area contributed by atoms with Gasteiger partial charge < -0.3 is 14.8 Å². The highest BCUT2D eigenvalue weighted by molar-refractivity contribution is 5.77. The highest BCUT2D eigenvalue weighted by Crippen LogP contribution is 2.44. The molecular formula is C22H33N5O. The zero-order valence-corrected chi connectivity index (χ0v) is 17.3. The van der Waals surface area contributed by atoms with Crippen LogP contribution in [0.5, 0.6) is 0 Å². The third kappa shape index (κ3) is 4.07. The van der Waals surface area contributed by atoms with Crippen LogP contribution in [0, 0.1) is 11.3 Å². The predicted octanol–water partition coefficient (Wildman–Crippen LogP) is 3.01. The van der Waals surface area contributed by atoms with E-state index in [1.807, 2.05) is 12.3 Å². The Balaban J connectivity index is 1.60. The fraction of sp³-hybridized carbons (Fsp3) is 0.682. The molecule has 4 rings (SSSR count). The number of nitrogens with zero attached hydrogens (tertiary/aromatic N) is 4. The van der Waals surface area contributed by atoms with Gasteiger partial charge in [-0.2, -0.15) is 0 Å². The topological polar surface area (TPSA) is 63.1 Å². The average molecular weight is 384 g/mol. The first kappa shape index (κ1) is 19.4. The normalized spacial score (nSPS) is 19.6. The molecule has 0 radical (unpaired) electrons. The molecule has 2 aromatic heterocycles. The summed E-state index contributed by atoms with van der Waals surface area (Å²) in [7, 11) is 0. The lowest BCUT2D eigenvalue weighted by molar-refractivity contribution is -0.134. The van der Waals surface area contributed by atoms with Crippen LogP contribution in [-0.2, 0) is 17.8 Å². The Labute approximate surface area is 167 Å². The first-order chi connectivity index (χ1) is 13.6. The van der Waals surface area contributed by atoms with Crippen LogP contribution in [0.15, 0.2) is 18.3 Å². The molecule has 2 fully saturated rings. The van der Waals surface area contributed by atoms with Crippen molar-refractivity contribution in [2.75, 3.05) is 26.2 Å². The van der Waals surface area contributed by atoms with E-state index in [1.165, 1.54) is 12.8 Å². The Morgan fingerprint density at radius 1 is 1.25 bits per heavy atom. The summed E-state index contributed by atoms with van der Waals surface area (Å²) in [6.45, 7) is 8.89. The summed E-state index contributed by atoms with van der Waals surface area (Å²) in [5.41, 5.74) is 2.01. The monoisotopic (exact) mass is 383 g/mol. The lowest BCUT2D eigenvalue weighted by Gasteiger charge is -2.33. The highest BCUT2D eigenvalue weighted by Gasteiger charge is 2.39. The van der Waals surface area contributed by atoms with Crippen molar-refractivity contribution in [3.05, 3.63) is 24.2 Å². The molecule has 0 spiro atoms. The van der Waals surface area contributed by atoms with Gasteiger partial charge in [0.25, 0.3) is 0 Å². The summed E-state index contributed by atoms with van der Waals surface area (Å²) in [4.78, 5) is 24.7. The zero-order valence-electron chi connectivity index (χ0n) is 17.3. The van der Waals surface area contributed by atoms with Gasteiger partial charge in [-0.1, -0.05) is 26.7 Å². The van der Waals surface area contributed by atoms with E-state index in [9.17, 15) is 4.79 Å². The summed E-state index contributed by atoms with van der Waals surface area (Å²) >= 11 is 0. The van der Waals surface area contributed by atoms with Crippen molar-refractivity contribution >= 4 is 17.1 Å². The quantitative estimate of drug-likeness (QED) is 0.833. The number of carbonyl (C=O) groups is 1. The Morgan fingerprint density at radius 3 is 2.71 bits per heavy atom. The molecule has 1 saturated carbocycles. The molecule has 28 heavy (non-hydrogen) atoms. The molecule has 1 amide bonds. The van der Waals surface area contributed by atoms with Gasteiger partial charge in [0.05, 0.1) is 0 Å². The number of aromatic nitrogens is 3. The van der Waals surface area contributed by atoms with Crippen LogP contribution in [0.2, 0.25) is 0 Å². The van der Waals surface area contributed by atoms with Crippen LogP contribution < -0.4 is 5.32 Å². The Morgan fingerprint density at radius 2 is 2.00 bits per heavy atom. The van der Waals surface area contributed by atoms with Gasteiger partial charge >= 0.3 is 0 Å². The van der Waals surface area contributed by atoms with Crippen molar-refractivity contribution in [3.63, 3.8) is 0 Å². The second-order valence-electron chi connectivity index (χ2n) is 9.07. The van der Waals surface area contributed by atoms with E-state index in [0.29, 0.717) is 18.2 Å². The van der Waals surface area contributed by atoms with E-state index in [-0.39, 0.29) is 5.41 Å². The third-order valence-electron chi connectivity index (χ3n) is 6.32. The maximum atomic E-state index is 13.0. The fourth-order valence-corrected chi connectivity index (χ4v) is 4.92. The second-order valence-corrected chi connectivity index (χ2v) is 9.07. The molecule has 0 unspecified atom stereocenters. The summed E-state index contributed by atoms with van der Waals surface area (Å²) < 4.78 is 2.30. The molecule has 0 bridgehead atoms. The van der Waals surface area contributed by atoms with Gasteiger partial charge in [0.2, 0.25) is 5.91 Å². The van der Waals surface area contributed by atoms with Crippen molar-refractivity contribution < 1.29 is 4.79 Å². The summed E-state index contributed by atoms with van der Waals surface area (Å²) in [5.74, 6) is 1.96. The fourth-order valence-electron chi connectivity index (χ4n) is 4.92. The van der Waals surface area contributed by atoms with E-state index in [1.54, 1.807) is 0 Å². The SMILES string of the molecule is CC(C)Cn1c(CC2(CC(=O)N3CCNCC3)CCCC2)nc2cccnc21. The van der Waals surface area contributed by atoms with Crippen LogP contribution in [0.1, 0.15) is 51.8 Å². The molecule has 6 nitrogen and oxygen atoms in total. The van der Waals surface area contributed by atoms with Gasteiger partial charge in [-0.15, -0.1) is 0 Å². The van der Waals surface area contributed by atoms with E-state index < -0.39 is 0 Å². The molecule has 1 N–H and O–H groups in total. The Hall–Kier alpha value is -1.95. The first-order valence-electron chi connectivity index (χ1n) is 10.8. The van der Waals surface area contributed by atoms with Crippen LogP contribution >= 0.6 is 0 Å². The van der Waals surface area contributed by atoms with Crippen molar-refractivity contribution in [2.45, 2.75) is 58.9 Å². The van der Waals surface area contributed by atoms with E-state index in [0.717, 1.165) is 69.0 Å². The minimum atomic E-state index is 0.0536. The lowest BCUT2D eigenvalue weighted by Crippen LogP contribution is -2.47. The highest BCUT2D eigenvalue weighted by atomic mass is 16.2.